The van der Waals surface area contributed by atoms with Gasteiger partial charge in [-0.3, -0.25) is 5.43 Å². The predicted octanol–water partition coefficient (Wildman–Crippen LogP) is -4.22. The maximum atomic E-state index is 5.16. The number of rotatable bonds is 2. The molecule has 0 bridgehead atoms. The lowest BCUT2D eigenvalue weighted by Gasteiger charge is -1.97. The Bertz CT molecular complexity index is 229. The number of hydrazine groups is 2. The highest BCUT2D eigenvalue weighted by molar-refractivity contribution is 5.31. The molecule has 0 unspecified atom stereocenters. The highest BCUT2D eigenvalue weighted by atomic mass is 35.5. The zero-order chi connectivity index (χ0) is 8.27. The van der Waals surface area contributed by atoms with Gasteiger partial charge in [0.1, 0.15) is 5.69 Å². The molecule has 0 atom stereocenters. The Balaban J connectivity index is 0.00000121. The molecule has 0 aliphatic carbocycles. The molecule has 12 heavy (non-hydrogen) atoms. The standard InChI is InChI=1S/C5H10N6.ClH/c1-3-2-4(10-6)9-5(8-3)11-7;/h2H,6-7H2,1H3,(H2,8,9,10,11);1H. The number of hydrogen-bond donors (Lipinski definition) is 4. The zero-order valence-corrected chi connectivity index (χ0v) is 7.31. The summed E-state index contributed by atoms with van der Waals surface area (Å²) < 4.78 is 0. The maximum absolute atomic E-state index is 5.16. The Morgan fingerprint density at radius 2 is 2.08 bits per heavy atom. The van der Waals surface area contributed by atoms with Gasteiger partial charge in [0.2, 0.25) is 5.82 Å². The molecular weight excluding hydrogens is 180 g/mol. The monoisotopic (exact) mass is 190 g/mol. The highest BCUT2D eigenvalue weighted by Crippen LogP contribution is 2.00. The summed E-state index contributed by atoms with van der Waals surface area (Å²) in [5.41, 5.74) is 5.66. The van der Waals surface area contributed by atoms with Crippen molar-refractivity contribution in [1.82, 2.24) is 4.98 Å². The first-order valence-electron chi connectivity index (χ1n) is 3.10. The van der Waals surface area contributed by atoms with Crippen LogP contribution in [0.4, 0.5) is 11.8 Å². The Hall–Kier alpha value is -1.11. The molecule has 0 aliphatic rings. The number of aromatic nitrogens is 2. The highest BCUT2D eigenvalue weighted by Gasteiger charge is 2.03. The molecule has 6 nitrogen and oxygen atoms in total. The number of halogens is 1. The number of nitrogen functional groups attached to an aromatic ring is 2. The number of nitrogens with two attached hydrogens (primary N) is 2. The summed E-state index contributed by atoms with van der Waals surface area (Å²) in [6.07, 6.45) is 0. The molecule has 0 fully saturated rings. The van der Waals surface area contributed by atoms with Gasteiger partial charge in [0.15, 0.2) is 0 Å². The van der Waals surface area contributed by atoms with Crippen molar-refractivity contribution in [1.29, 1.82) is 0 Å². The van der Waals surface area contributed by atoms with Gasteiger partial charge in [0.05, 0.1) is 0 Å². The zero-order valence-electron chi connectivity index (χ0n) is 6.56. The van der Waals surface area contributed by atoms with Crippen LogP contribution in [0.1, 0.15) is 5.69 Å². The van der Waals surface area contributed by atoms with Crippen LogP contribution in [-0.2, 0) is 0 Å². The minimum absolute atomic E-state index is 0. The van der Waals surface area contributed by atoms with Gasteiger partial charge in [-0.2, -0.15) is 0 Å². The molecule has 0 saturated heterocycles. The van der Waals surface area contributed by atoms with E-state index in [1.54, 1.807) is 6.07 Å². The van der Waals surface area contributed by atoms with Crippen molar-refractivity contribution in [3.63, 3.8) is 0 Å². The summed E-state index contributed by atoms with van der Waals surface area (Å²) in [7, 11) is 0. The molecule has 1 aromatic heterocycles. The van der Waals surface area contributed by atoms with Crippen molar-refractivity contribution < 1.29 is 17.4 Å². The first-order chi connectivity index (χ1) is 5.26. The van der Waals surface area contributed by atoms with Crippen LogP contribution < -0.4 is 39.9 Å². The third kappa shape index (κ3) is 2.50. The van der Waals surface area contributed by atoms with E-state index < -0.39 is 0 Å². The van der Waals surface area contributed by atoms with Crippen LogP contribution in [0, 0.1) is 6.92 Å². The van der Waals surface area contributed by atoms with Gasteiger partial charge in [0, 0.05) is 6.07 Å². The Kier molecular flexibility index (Phi) is 4.27. The third-order valence-electron chi connectivity index (χ3n) is 1.19. The van der Waals surface area contributed by atoms with Crippen LogP contribution in [0.25, 0.3) is 0 Å². The average Bonchev–Trinajstić information content (AvgIpc) is 2.03. The van der Waals surface area contributed by atoms with Crippen molar-refractivity contribution in [2.24, 2.45) is 11.7 Å². The quantitative estimate of drug-likeness (QED) is 0.280. The summed E-state index contributed by atoms with van der Waals surface area (Å²) in [6, 6.07) is 1.76. The van der Waals surface area contributed by atoms with Crippen molar-refractivity contribution in [3.8, 4) is 0 Å². The van der Waals surface area contributed by atoms with E-state index in [9.17, 15) is 0 Å². The van der Waals surface area contributed by atoms with Crippen molar-refractivity contribution in [2.45, 2.75) is 6.92 Å². The van der Waals surface area contributed by atoms with E-state index >= 15 is 0 Å². The molecule has 0 radical (unpaired) electrons. The normalized spacial score (nSPS) is 8.58. The molecule has 0 saturated carbocycles. The van der Waals surface area contributed by atoms with Crippen molar-refractivity contribution in [2.75, 3.05) is 10.9 Å². The van der Waals surface area contributed by atoms with Crippen molar-refractivity contribution in [3.05, 3.63) is 11.8 Å². The third-order valence-corrected chi connectivity index (χ3v) is 1.19. The molecule has 0 amide bonds. The van der Waals surface area contributed by atoms with Gasteiger partial charge in [-0.05, 0) is 6.92 Å². The molecule has 7 heteroatoms. The molecule has 7 N–H and O–H groups in total. The smallest absolute Gasteiger partial charge is 0.361 e. The van der Waals surface area contributed by atoms with Crippen LogP contribution in [0.5, 0.6) is 0 Å². The van der Waals surface area contributed by atoms with Gasteiger partial charge < -0.3 is 12.4 Å². The topological polar surface area (TPSA) is 103 Å². The summed E-state index contributed by atoms with van der Waals surface area (Å²) >= 11 is 0. The number of nitrogens with one attached hydrogen (secondary N) is 3. The van der Waals surface area contributed by atoms with E-state index in [1.165, 1.54) is 0 Å². The number of hydrogen-bond acceptors (Lipinski definition) is 5. The number of aromatic amines is 1. The number of anilines is 2. The van der Waals surface area contributed by atoms with E-state index in [2.05, 4.69) is 20.8 Å². The van der Waals surface area contributed by atoms with E-state index in [-0.39, 0.29) is 12.4 Å². The van der Waals surface area contributed by atoms with Crippen LogP contribution in [0.2, 0.25) is 0 Å². The minimum atomic E-state index is 0. The molecule has 0 aromatic carbocycles. The molecule has 1 rings (SSSR count). The second kappa shape index (κ2) is 4.70. The van der Waals surface area contributed by atoms with Gasteiger partial charge in [-0.25, -0.2) is 22.1 Å². The van der Waals surface area contributed by atoms with E-state index in [0.717, 1.165) is 5.69 Å². The largest absolute Gasteiger partial charge is 1.00 e. The van der Waals surface area contributed by atoms with Gasteiger partial charge in [0.25, 0.3) is 0 Å². The van der Waals surface area contributed by atoms with Crippen LogP contribution >= 0.6 is 0 Å². The molecule has 1 heterocycles. The first kappa shape index (κ1) is 10.9. The summed E-state index contributed by atoms with van der Waals surface area (Å²) in [6.45, 7) is 1.84. The fraction of sp³-hybridized carbons (Fsp3) is 0.200. The molecule has 1 aromatic rings. The molecule has 0 spiro atoms. The lowest BCUT2D eigenvalue weighted by Crippen LogP contribution is -3.00. The Morgan fingerprint density at radius 3 is 2.58 bits per heavy atom. The van der Waals surface area contributed by atoms with Crippen LogP contribution in [-0.4, -0.2) is 4.98 Å². The van der Waals surface area contributed by atoms with Crippen LogP contribution in [0.3, 0.4) is 0 Å². The van der Waals surface area contributed by atoms with Crippen molar-refractivity contribution >= 4 is 11.8 Å². The number of aryl methyl sites for hydroxylation is 1. The first-order valence-corrected chi connectivity index (χ1v) is 3.10. The second-order valence-corrected chi connectivity index (χ2v) is 2.07. The molecule has 0 aliphatic heterocycles. The van der Waals surface area contributed by atoms with Gasteiger partial charge in [-0.1, -0.05) is 0 Å². The average molecular weight is 191 g/mol. The summed E-state index contributed by atoms with van der Waals surface area (Å²) in [5.74, 6) is 11.4. The number of nitrogens with zero attached hydrogens (tertiary/aromatic N) is 1. The fourth-order valence-corrected chi connectivity index (χ4v) is 0.755. The van der Waals surface area contributed by atoms with E-state index in [1.807, 2.05) is 6.92 Å². The molecule has 68 valence electrons. The predicted molar refractivity (Wildman–Crippen MR) is 41.1 cm³/mol. The van der Waals surface area contributed by atoms with E-state index in [4.69, 9.17) is 11.7 Å². The maximum Gasteiger partial charge on any atom is 0.361 e. The molecular formula is C5H11ClN6. The fourth-order valence-electron chi connectivity index (χ4n) is 0.755. The minimum Gasteiger partial charge on any atom is -1.00 e. The second-order valence-electron chi connectivity index (χ2n) is 2.07. The number of H-pyrrole nitrogens is 1. The lowest BCUT2D eigenvalue weighted by atomic mass is 10.4. The SMILES string of the molecule is Cc1cc(NN)[nH+]c(NN)n1.[Cl-]. The van der Waals surface area contributed by atoms with Gasteiger partial charge >= 0.3 is 5.95 Å². The summed E-state index contributed by atoms with van der Waals surface area (Å²) in [5, 5.41) is 0. The Labute approximate surface area is 76.1 Å². The lowest BCUT2D eigenvalue weighted by molar-refractivity contribution is -0.348. The van der Waals surface area contributed by atoms with Gasteiger partial charge in [-0.15, -0.1) is 4.98 Å². The Morgan fingerprint density at radius 1 is 1.42 bits per heavy atom. The van der Waals surface area contributed by atoms with E-state index in [0.29, 0.717) is 11.8 Å². The van der Waals surface area contributed by atoms with Crippen LogP contribution in [0.15, 0.2) is 6.07 Å². The summed E-state index contributed by atoms with van der Waals surface area (Å²) in [4.78, 5) is 6.81.